The Morgan fingerprint density at radius 3 is 1.94 bits per heavy atom. The Balaban J connectivity index is 4.22. The van der Waals surface area contributed by atoms with Gasteiger partial charge in [0.1, 0.15) is 0 Å². The van der Waals surface area contributed by atoms with Crippen molar-refractivity contribution < 1.29 is 13.9 Å². The van der Waals surface area contributed by atoms with Gasteiger partial charge in [0.15, 0.2) is 5.75 Å². The second kappa shape index (κ2) is 9.51. The summed E-state index contributed by atoms with van der Waals surface area (Å²) in [7, 11) is 1.41. The standard InChI is InChI=1S/C10H25NO3PS/c1-5-11(6-2)9-10-16-15(12,13-7-3)14-8-4/h12H,5-10H2,1-4H3/q+1. The van der Waals surface area contributed by atoms with Crippen LogP contribution in [0, 0.1) is 0 Å². The van der Waals surface area contributed by atoms with Gasteiger partial charge in [-0.1, -0.05) is 13.8 Å². The molecule has 0 saturated carbocycles. The topological polar surface area (TPSA) is 41.9 Å². The van der Waals surface area contributed by atoms with Crippen LogP contribution in [0.15, 0.2) is 0 Å². The SMILES string of the molecule is CCOP(O)(OCC)=[S+]CCN(CC)CC. The second-order valence-corrected chi connectivity index (χ2v) is 7.44. The molecule has 0 aromatic carbocycles. The molecular weight excluding hydrogens is 245 g/mol. The van der Waals surface area contributed by atoms with Gasteiger partial charge < -0.3 is 0 Å². The second-order valence-electron chi connectivity index (χ2n) is 3.16. The van der Waals surface area contributed by atoms with E-state index >= 15 is 0 Å². The Labute approximate surface area is 103 Å². The van der Waals surface area contributed by atoms with Crippen LogP contribution in [0.5, 0.6) is 0 Å². The fourth-order valence-electron chi connectivity index (χ4n) is 1.26. The van der Waals surface area contributed by atoms with Crippen LogP contribution in [-0.2, 0) is 20.0 Å². The summed E-state index contributed by atoms with van der Waals surface area (Å²) >= 11 is 0. The average Bonchev–Trinajstić information content (AvgIpc) is 2.25. The van der Waals surface area contributed by atoms with E-state index in [1.807, 2.05) is 13.8 Å². The summed E-state index contributed by atoms with van der Waals surface area (Å²) < 4.78 is 10.6. The van der Waals surface area contributed by atoms with Crippen molar-refractivity contribution in [3.05, 3.63) is 0 Å². The lowest BCUT2D eigenvalue weighted by Gasteiger charge is -2.14. The van der Waals surface area contributed by atoms with Crippen molar-refractivity contribution >= 4 is 17.7 Å². The van der Waals surface area contributed by atoms with E-state index in [1.165, 1.54) is 10.9 Å². The van der Waals surface area contributed by atoms with Crippen LogP contribution in [-0.4, -0.2) is 48.4 Å². The monoisotopic (exact) mass is 270 g/mol. The summed E-state index contributed by atoms with van der Waals surface area (Å²) in [6, 6.07) is 0. The first kappa shape index (κ1) is 16.5. The lowest BCUT2D eigenvalue weighted by molar-refractivity contribution is 0.212. The van der Waals surface area contributed by atoms with E-state index in [4.69, 9.17) is 9.05 Å². The number of hydrogen-bond acceptors (Lipinski definition) is 3. The van der Waals surface area contributed by atoms with Gasteiger partial charge in [0.2, 0.25) is 10.9 Å². The third-order valence-electron chi connectivity index (χ3n) is 2.14. The van der Waals surface area contributed by atoms with Crippen LogP contribution in [0.1, 0.15) is 27.7 Å². The van der Waals surface area contributed by atoms with Gasteiger partial charge in [-0.25, -0.2) is 0 Å². The maximum atomic E-state index is 10.1. The Hall–Kier alpha value is 0.490. The minimum atomic E-state index is -2.66. The van der Waals surface area contributed by atoms with Gasteiger partial charge in [-0.15, -0.1) is 0 Å². The highest BCUT2D eigenvalue weighted by Crippen LogP contribution is 2.45. The first-order valence-electron chi connectivity index (χ1n) is 5.89. The van der Waals surface area contributed by atoms with Gasteiger partial charge in [-0.3, -0.25) is 18.8 Å². The Morgan fingerprint density at radius 2 is 1.56 bits per heavy atom. The smallest absolute Gasteiger partial charge is 0.299 e. The molecule has 98 valence electrons. The van der Waals surface area contributed by atoms with Crippen molar-refractivity contribution in [2.75, 3.05) is 38.6 Å². The van der Waals surface area contributed by atoms with Crippen LogP contribution < -0.4 is 0 Å². The quantitative estimate of drug-likeness (QED) is 0.515. The minimum Gasteiger partial charge on any atom is -0.299 e. The molecule has 0 atom stereocenters. The van der Waals surface area contributed by atoms with Crippen molar-refractivity contribution in [1.82, 2.24) is 4.90 Å². The van der Waals surface area contributed by atoms with Gasteiger partial charge in [0.25, 0.3) is 0 Å². The van der Waals surface area contributed by atoms with Crippen molar-refractivity contribution in [2.45, 2.75) is 27.7 Å². The fraction of sp³-hybridized carbons (Fsp3) is 1.00. The maximum absolute atomic E-state index is 10.1. The molecule has 0 aromatic rings. The fourth-order valence-corrected chi connectivity index (χ4v) is 4.73. The van der Waals surface area contributed by atoms with Gasteiger partial charge in [0, 0.05) is 0 Å². The molecule has 0 bridgehead atoms. The number of rotatable bonds is 9. The maximum Gasteiger partial charge on any atom is 0.520 e. The zero-order valence-corrected chi connectivity index (χ0v) is 12.5. The van der Waals surface area contributed by atoms with Crippen LogP contribution >= 0.6 is 6.72 Å². The highest BCUT2D eigenvalue weighted by molar-refractivity contribution is 8.17. The molecule has 6 heteroatoms. The molecule has 0 aliphatic carbocycles. The molecule has 0 heterocycles. The van der Waals surface area contributed by atoms with E-state index in [0.717, 1.165) is 25.4 Å². The minimum absolute atomic E-state index is 0.489. The molecule has 0 aromatic heterocycles. The molecule has 0 rings (SSSR count). The normalized spacial score (nSPS) is 12.1. The van der Waals surface area contributed by atoms with Gasteiger partial charge in [0.05, 0.1) is 19.8 Å². The highest BCUT2D eigenvalue weighted by atomic mass is 32.5. The van der Waals surface area contributed by atoms with Gasteiger partial charge in [-0.05, 0) is 26.9 Å². The van der Waals surface area contributed by atoms with E-state index in [-0.39, 0.29) is 0 Å². The molecule has 0 spiro atoms. The molecule has 0 fully saturated rings. The van der Waals surface area contributed by atoms with Crippen LogP contribution in [0.2, 0.25) is 0 Å². The molecule has 16 heavy (non-hydrogen) atoms. The molecule has 0 aliphatic rings. The van der Waals surface area contributed by atoms with E-state index in [2.05, 4.69) is 18.7 Å². The largest absolute Gasteiger partial charge is 0.520 e. The van der Waals surface area contributed by atoms with Gasteiger partial charge >= 0.3 is 6.72 Å². The summed E-state index contributed by atoms with van der Waals surface area (Å²) in [5.41, 5.74) is 0. The number of hydrogen-bond donors (Lipinski definition) is 1. The van der Waals surface area contributed by atoms with Crippen molar-refractivity contribution in [3.8, 4) is 0 Å². The van der Waals surface area contributed by atoms with E-state index in [1.54, 1.807) is 0 Å². The molecule has 1 N–H and O–H groups in total. The molecular formula is C10H25NO3PS+. The Morgan fingerprint density at radius 1 is 1.06 bits per heavy atom. The summed E-state index contributed by atoms with van der Waals surface area (Å²) in [5.74, 6) is 0.839. The molecule has 0 amide bonds. The van der Waals surface area contributed by atoms with E-state index in [0.29, 0.717) is 13.2 Å². The molecule has 0 saturated heterocycles. The number of nitrogens with zero attached hydrogens (tertiary/aromatic N) is 1. The molecule has 0 aliphatic heterocycles. The highest BCUT2D eigenvalue weighted by Gasteiger charge is 2.29. The summed E-state index contributed by atoms with van der Waals surface area (Å²) in [6.45, 7) is 9.38. The Kier molecular flexibility index (Phi) is 9.80. The van der Waals surface area contributed by atoms with Crippen molar-refractivity contribution in [3.63, 3.8) is 0 Å². The predicted molar refractivity (Wildman–Crippen MR) is 72.4 cm³/mol. The zero-order chi connectivity index (χ0) is 12.4. The molecule has 4 nitrogen and oxygen atoms in total. The third-order valence-corrected chi connectivity index (χ3v) is 6.16. The predicted octanol–water partition coefficient (Wildman–Crippen LogP) is 2.15. The average molecular weight is 270 g/mol. The lowest BCUT2D eigenvalue weighted by Crippen LogP contribution is -2.26. The first-order valence-corrected chi connectivity index (χ1v) is 9.06. The third kappa shape index (κ3) is 6.94. The summed E-state index contributed by atoms with van der Waals surface area (Å²) in [4.78, 5) is 12.4. The molecule has 0 unspecified atom stereocenters. The zero-order valence-electron chi connectivity index (χ0n) is 10.8. The summed E-state index contributed by atoms with van der Waals surface area (Å²) in [5, 5.41) is 0. The summed E-state index contributed by atoms with van der Waals surface area (Å²) in [6.07, 6.45) is 0. The van der Waals surface area contributed by atoms with E-state index < -0.39 is 6.72 Å². The Bertz CT molecular complexity index is 212. The van der Waals surface area contributed by atoms with Crippen LogP contribution in [0.3, 0.4) is 0 Å². The lowest BCUT2D eigenvalue weighted by atomic mass is 10.5. The van der Waals surface area contributed by atoms with Gasteiger partial charge in [-0.2, -0.15) is 0 Å². The molecule has 0 radical (unpaired) electrons. The van der Waals surface area contributed by atoms with Crippen LogP contribution in [0.4, 0.5) is 0 Å². The van der Waals surface area contributed by atoms with E-state index in [9.17, 15) is 4.89 Å². The van der Waals surface area contributed by atoms with Crippen molar-refractivity contribution in [2.24, 2.45) is 0 Å². The first-order chi connectivity index (χ1) is 7.61. The van der Waals surface area contributed by atoms with Crippen molar-refractivity contribution in [1.29, 1.82) is 0 Å². The van der Waals surface area contributed by atoms with Crippen LogP contribution in [0.25, 0.3) is 0 Å².